The van der Waals surface area contributed by atoms with Gasteiger partial charge in [0.05, 0.1) is 16.6 Å². The Bertz CT molecular complexity index is 1510. The minimum atomic E-state index is -0.309. The van der Waals surface area contributed by atoms with Crippen LogP contribution in [0.15, 0.2) is 64.2 Å². The maximum absolute atomic E-state index is 13.3. The Morgan fingerprint density at radius 2 is 1.59 bits per heavy atom. The Hall–Kier alpha value is -4.00. The Balaban J connectivity index is 1.82. The molecule has 0 unspecified atom stereocenters. The first-order valence-electron chi connectivity index (χ1n) is 9.21. The summed E-state index contributed by atoms with van der Waals surface area (Å²) in [6.45, 7) is 3.66. The number of nitrogens with zero attached hydrogens (tertiary/aromatic N) is 3. The number of para-hydroxylation sites is 1. The summed E-state index contributed by atoms with van der Waals surface area (Å²) in [5.41, 5.74) is 3.93. The van der Waals surface area contributed by atoms with Crippen molar-refractivity contribution in [2.45, 2.75) is 13.8 Å². The van der Waals surface area contributed by atoms with Gasteiger partial charge in [-0.2, -0.15) is 0 Å². The molecule has 0 radical (unpaired) electrons. The lowest BCUT2D eigenvalue weighted by molar-refractivity contribution is 0.872. The van der Waals surface area contributed by atoms with Gasteiger partial charge >= 0.3 is 0 Å². The summed E-state index contributed by atoms with van der Waals surface area (Å²) in [7, 11) is 0. The van der Waals surface area contributed by atoms with Crippen molar-refractivity contribution in [3.63, 3.8) is 0 Å². The third-order valence-electron chi connectivity index (χ3n) is 5.05. The van der Waals surface area contributed by atoms with E-state index in [1.165, 1.54) is 4.52 Å². The van der Waals surface area contributed by atoms with Crippen LogP contribution in [0.1, 0.15) is 11.4 Å². The highest BCUT2D eigenvalue weighted by Gasteiger charge is 2.20. The largest absolute Gasteiger partial charge is 0.306 e. The van der Waals surface area contributed by atoms with E-state index in [1.807, 2.05) is 37.3 Å². The van der Waals surface area contributed by atoms with Crippen LogP contribution in [-0.4, -0.2) is 24.6 Å². The predicted molar refractivity (Wildman–Crippen MR) is 112 cm³/mol. The molecule has 0 fully saturated rings. The minimum absolute atomic E-state index is 0.214. The molecule has 3 aromatic heterocycles. The molecule has 0 aliphatic heterocycles. The number of aromatic amines is 2. The zero-order chi connectivity index (χ0) is 20.1. The molecule has 0 aliphatic rings. The molecule has 142 valence electrons. The van der Waals surface area contributed by atoms with Crippen LogP contribution >= 0.6 is 0 Å². The van der Waals surface area contributed by atoms with E-state index in [1.54, 1.807) is 31.2 Å². The fourth-order valence-electron chi connectivity index (χ4n) is 3.72. The highest BCUT2D eigenvalue weighted by Crippen LogP contribution is 2.27. The molecule has 0 spiro atoms. The average molecular weight is 383 g/mol. The summed E-state index contributed by atoms with van der Waals surface area (Å²) < 4.78 is 1.41. The number of nitrogens with one attached hydrogen (secondary N) is 2. The molecule has 5 aromatic rings. The second-order valence-electron chi connectivity index (χ2n) is 6.95. The molecule has 0 atom stereocenters. The third-order valence-corrected chi connectivity index (χ3v) is 5.05. The lowest BCUT2D eigenvalue weighted by Gasteiger charge is -2.07. The van der Waals surface area contributed by atoms with E-state index in [9.17, 15) is 9.59 Å². The first-order valence-corrected chi connectivity index (χ1v) is 9.21. The Morgan fingerprint density at radius 3 is 2.38 bits per heavy atom. The van der Waals surface area contributed by atoms with Crippen molar-refractivity contribution in [2.75, 3.05) is 0 Å². The number of hydrogen-bond donors (Lipinski definition) is 2. The molecule has 0 bridgehead atoms. The molecule has 0 saturated carbocycles. The number of H-pyrrole nitrogens is 2. The number of benzene rings is 2. The Morgan fingerprint density at radius 1 is 0.862 bits per heavy atom. The molecule has 7 heteroatoms. The molecule has 5 rings (SSSR count). The summed E-state index contributed by atoms with van der Waals surface area (Å²) in [5, 5.41) is 3.58. The van der Waals surface area contributed by atoms with Gasteiger partial charge in [0.15, 0.2) is 5.65 Å². The van der Waals surface area contributed by atoms with Gasteiger partial charge in [0.25, 0.3) is 11.1 Å². The number of aryl methyl sites for hydroxylation is 2. The minimum Gasteiger partial charge on any atom is -0.306 e. The van der Waals surface area contributed by atoms with Crippen molar-refractivity contribution >= 4 is 16.6 Å². The zero-order valence-electron chi connectivity index (χ0n) is 15.9. The van der Waals surface area contributed by atoms with Crippen LogP contribution in [0.25, 0.3) is 39.1 Å². The Kier molecular flexibility index (Phi) is 3.70. The summed E-state index contributed by atoms with van der Waals surface area (Å²) in [6.07, 6.45) is 0. The van der Waals surface area contributed by atoms with Crippen LogP contribution in [0.3, 0.4) is 0 Å². The molecule has 0 amide bonds. The lowest BCUT2D eigenvalue weighted by atomic mass is 10.1. The normalized spacial score (nSPS) is 11.4. The molecule has 2 N–H and O–H groups in total. The first-order chi connectivity index (χ1) is 14.0. The molecular formula is C22H17N5O2. The summed E-state index contributed by atoms with van der Waals surface area (Å²) in [6, 6.07) is 16.8. The van der Waals surface area contributed by atoms with Gasteiger partial charge in [-0.05, 0) is 31.5 Å². The van der Waals surface area contributed by atoms with Crippen LogP contribution in [-0.2, 0) is 0 Å². The van der Waals surface area contributed by atoms with Crippen molar-refractivity contribution in [2.24, 2.45) is 0 Å². The summed E-state index contributed by atoms with van der Waals surface area (Å²) in [5.74, 6) is 0.214. The second-order valence-corrected chi connectivity index (χ2v) is 6.95. The van der Waals surface area contributed by atoms with Crippen molar-refractivity contribution in [1.82, 2.24) is 24.6 Å². The number of hydrogen-bond acceptors (Lipinski definition) is 4. The van der Waals surface area contributed by atoms with Gasteiger partial charge in [-0.25, -0.2) is 14.5 Å². The SMILES string of the molecule is Cc1nc2c(-c3ccccc3)c(C)[nH]n2c(=O)c1-c1nc2ccccc2c(=O)[nH]1. The maximum atomic E-state index is 13.3. The van der Waals surface area contributed by atoms with Crippen molar-refractivity contribution in [1.29, 1.82) is 0 Å². The van der Waals surface area contributed by atoms with Crippen molar-refractivity contribution in [3.8, 4) is 22.5 Å². The fraction of sp³-hybridized carbons (Fsp3) is 0.0909. The van der Waals surface area contributed by atoms with Gasteiger partial charge < -0.3 is 4.98 Å². The molecule has 7 nitrogen and oxygen atoms in total. The lowest BCUT2D eigenvalue weighted by Crippen LogP contribution is -2.22. The number of rotatable bonds is 2. The maximum Gasteiger partial charge on any atom is 0.283 e. The van der Waals surface area contributed by atoms with Gasteiger partial charge in [-0.1, -0.05) is 42.5 Å². The van der Waals surface area contributed by atoms with Crippen molar-refractivity contribution < 1.29 is 0 Å². The van der Waals surface area contributed by atoms with Crippen LogP contribution in [0.2, 0.25) is 0 Å². The fourth-order valence-corrected chi connectivity index (χ4v) is 3.72. The van der Waals surface area contributed by atoms with E-state index in [0.717, 1.165) is 16.8 Å². The summed E-state index contributed by atoms with van der Waals surface area (Å²) in [4.78, 5) is 37.7. The predicted octanol–water partition coefficient (Wildman–Crippen LogP) is 3.21. The first kappa shape index (κ1) is 17.1. The molecule has 29 heavy (non-hydrogen) atoms. The van der Waals surface area contributed by atoms with Gasteiger partial charge in [-0.15, -0.1) is 0 Å². The highest BCUT2D eigenvalue weighted by molar-refractivity contribution is 5.82. The average Bonchev–Trinajstić information content (AvgIpc) is 3.05. The van der Waals surface area contributed by atoms with Gasteiger partial charge in [0, 0.05) is 11.3 Å². The molecule has 0 aliphatic carbocycles. The van der Waals surface area contributed by atoms with E-state index in [2.05, 4.69) is 20.1 Å². The van der Waals surface area contributed by atoms with Gasteiger partial charge in [0.2, 0.25) is 0 Å². The summed E-state index contributed by atoms with van der Waals surface area (Å²) >= 11 is 0. The second kappa shape index (κ2) is 6.27. The zero-order valence-corrected chi connectivity index (χ0v) is 15.9. The smallest absolute Gasteiger partial charge is 0.283 e. The van der Waals surface area contributed by atoms with Gasteiger partial charge in [-0.3, -0.25) is 14.7 Å². The quantitative estimate of drug-likeness (QED) is 0.489. The highest BCUT2D eigenvalue weighted by atomic mass is 16.1. The van der Waals surface area contributed by atoms with E-state index >= 15 is 0 Å². The standard InChI is InChI=1S/C22H17N5O2/c1-12-18(19-24-16-11-7-6-10-15(16)21(28)25-19)22(29)27-20(23-12)17(13(2)26-27)14-8-4-3-5-9-14/h3-11,26H,1-2H3,(H,24,25,28). The molecule has 0 saturated heterocycles. The van der Waals surface area contributed by atoms with Crippen LogP contribution in [0.4, 0.5) is 0 Å². The van der Waals surface area contributed by atoms with Crippen LogP contribution < -0.4 is 11.1 Å². The van der Waals surface area contributed by atoms with E-state index in [0.29, 0.717) is 22.2 Å². The van der Waals surface area contributed by atoms with Crippen LogP contribution in [0.5, 0.6) is 0 Å². The number of fused-ring (bicyclic) bond motifs is 2. The monoisotopic (exact) mass is 383 g/mol. The molecule has 2 aromatic carbocycles. The molecule has 3 heterocycles. The van der Waals surface area contributed by atoms with E-state index < -0.39 is 0 Å². The van der Waals surface area contributed by atoms with Gasteiger partial charge in [0.1, 0.15) is 11.4 Å². The third kappa shape index (κ3) is 2.59. The van der Waals surface area contributed by atoms with Crippen LogP contribution in [0, 0.1) is 13.8 Å². The van der Waals surface area contributed by atoms with E-state index in [4.69, 9.17) is 0 Å². The van der Waals surface area contributed by atoms with Crippen molar-refractivity contribution in [3.05, 3.63) is 86.7 Å². The number of aromatic nitrogens is 5. The molecular weight excluding hydrogens is 366 g/mol. The topological polar surface area (TPSA) is 95.9 Å². The Labute approximate surface area is 164 Å². The van der Waals surface area contributed by atoms with E-state index in [-0.39, 0.29) is 22.5 Å².